The van der Waals surface area contributed by atoms with Crippen molar-refractivity contribution in [3.63, 3.8) is 0 Å². The standard InChI is InChI=1S/2CHO2.V/c2*2-1-3;/h2*(H,2,3);/q2*-1;+2. The van der Waals surface area contributed by atoms with Crippen LogP contribution in [0, 0.1) is 0 Å². The van der Waals surface area contributed by atoms with Crippen molar-refractivity contribution in [1.82, 2.24) is 0 Å². The molecule has 0 saturated heterocycles. The molecule has 39 valence electrons. The molecule has 0 atom stereocenters. The number of hydrogen-bond acceptors (Lipinski definition) is 2. The molecule has 0 heterocycles. The summed E-state index contributed by atoms with van der Waals surface area (Å²) in [6.07, 6.45) is 0. The zero-order valence-electron chi connectivity index (χ0n) is 3.16. The minimum atomic E-state index is 0. The van der Waals surface area contributed by atoms with Crippen LogP contribution in [0.4, 0.5) is 0 Å². The first-order valence-corrected chi connectivity index (χ1v) is 0.855. The Labute approximate surface area is 52.0 Å². The van der Waals surface area contributed by atoms with Gasteiger partial charge in [-0.25, -0.2) is 0 Å². The van der Waals surface area contributed by atoms with Crippen molar-refractivity contribution in [3.8, 4) is 0 Å². The summed E-state index contributed by atoms with van der Waals surface area (Å²) in [7, 11) is 0. The van der Waals surface area contributed by atoms with Crippen LogP contribution in [0.1, 0.15) is 0 Å². The average molecular weight is 141 g/mol. The minimum Gasteiger partial charge on any atom is -0.665 e. The van der Waals surface area contributed by atoms with Gasteiger partial charge in [-0.1, -0.05) is 12.9 Å². The molecule has 0 unspecified atom stereocenters. The third-order valence-corrected chi connectivity index (χ3v) is 0. The SMILES string of the molecule is O=[C-]O.O=[C-]O.[V+2]. The van der Waals surface area contributed by atoms with E-state index in [1.165, 1.54) is 0 Å². The van der Waals surface area contributed by atoms with Gasteiger partial charge in [0.15, 0.2) is 0 Å². The van der Waals surface area contributed by atoms with Gasteiger partial charge < -0.3 is 19.8 Å². The predicted octanol–water partition coefficient (Wildman–Crippen LogP) is -0.779. The molecule has 0 spiro atoms. The maximum absolute atomic E-state index is 8.24. The first kappa shape index (κ1) is 16.0. The first-order chi connectivity index (χ1) is 2.83. The Morgan fingerprint density at radius 2 is 1.00 bits per heavy atom. The van der Waals surface area contributed by atoms with E-state index in [0.29, 0.717) is 12.9 Å². The summed E-state index contributed by atoms with van der Waals surface area (Å²) in [6, 6.07) is 0. The van der Waals surface area contributed by atoms with Crippen LogP contribution in [0.2, 0.25) is 0 Å². The molecular weight excluding hydrogens is 139 g/mol. The summed E-state index contributed by atoms with van der Waals surface area (Å²) in [6.45, 7) is 1.00. The summed E-state index contributed by atoms with van der Waals surface area (Å²) >= 11 is 0. The van der Waals surface area contributed by atoms with Gasteiger partial charge in [0.2, 0.25) is 0 Å². The van der Waals surface area contributed by atoms with Gasteiger partial charge in [0.05, 0.1) is 0 Å². The van der Waals surface area contributed by atoms with Crippen molar-refractivity contribution < 1.29 is 38.4 Å². The van der Waals surface area contributed by atoms with Crippen LogP contribution >= 0.6 is 0 Å². The molecule has 0 aliphatic carbocycles. The second-order valence-electron chi connectivity index (χ2n) is 0.183. The van der Waals surface area contributed by atoms with Crippen LogP contribution in [0.15, 0.2) is 0 Å². The van der Waals surface area contributed by atoms with E-state index in [1.807, 2.05) is 0 Å². The van der Waals surface area contributed by atoms with Crippen molar-refractivity contribution in [2.24, 2.45) is 0 Å². The molecule has 2 N–H and O–H groups in total. The van der Waals surface area contributed by atoms with Gasteiger partial charge in [-0.3, -0.25) is 0 Å². The monoisotopic (exact) mass is 141 g/mol. The Morgan fingerprint density at radius 1 is 1.00 bits per heavy atom. The van der Waals surface area contributed by atoms with Crippen LogP contribution in [0.3, 0.4) is 0 Å². The van der Waals surface area contributed by atoms with Crippen molar-refractivity contribution in [2.45, 2.75) is 0 Å². The number of hydrogen-bond donors (Lipinski definition) is 2. The molecular formula is C2H2O4V. The molecule has 0 amide bonds. The van der Waals surface area contributed by atoms with E-state index < -0.39 is 0 Å². The van der Waals surface area contributed by atoms with Gasteiger partial charge in [-0.05, 0) is 0 Å². The second kappa shape index (κ2) is 48.7. The van der Waals surface area contributed by atoms with Crippen molar-refractivity contribution in [1.29, 1.82) is 0 Å². The summed E-state index contributed by atoms with van der Waals surface area (Å²) in [5.74, 6) is 0. The third kappa shape index (κ3) is 303. The topological polar surface area (TPSA) is 74.6 Å². The van der Waals surface area contributed by atoms with Crippen molar-refractivity contribution in [3.05, 3.63) is 0 Å². The van der Waals surface area contributed by atoms with Gasteiger partial charge in [-0.15, -0.1) is 0 Å². The van der Waals surface area contributed by atoms with Crippen LogP contribution < -0.4 is 0 Å². The summed E-state index contributed by atoms with van der Waals surface area (Å²) in [5, 5.41) is 13.5. The zero-order valence-corrected chi connectivity index (χ0v) is 4.55. The minimum absolute atomic E-state index is 0. The van der Waals surface area contributed by atoms with Crippen LogP contribution in [0.5, 0.6) is 0 Å². The molecule has 0 aromatic rings. The molecule has 0 aliphatic heterocycles. The Bertz CT molecular complexity index is 30.7. The third-order valence-electron chi connectivity index (χ3n) is 0. The smallest absolute Gasteiger partial charge is 0.665 e. The van der Waals surface area contributed by atoms with Crippen molar-refractivity contribution >= 4 is 12.9 Å². The molecule has 4 nitrogen and oxygen atoms in total. The molecule has 5 heteroatoms. The van der Waals surface area contributed by atoms with Crippen LogP contribution in [0.25, 0.3) is 0 Å². The summed E-state index contributed by atoms with van der Waals surface area (Å²) in [5.41, 5.74) is 0. The number of aliphatic hydroxyl groups excluding tert-OH is 2. The van der Waals surface area contributed by atoms with Gasteiger partial charge in [0, 0.05) is 0 Å². The van der Waals surface area contributed by atoms with Gasteiger partial charge in [0.25, 0.3) is 0 Å². The van der Waals surface area contributed by atoms with E-state index in [9.17, 15) is 0 Å². The molecule has 0 aromatic heterocycles. The van der Waals surface area contributed by atoms with E-state index in [2.05, 4.69) is 0 Å². The van der Waals surface area contributed by atoms with Crippen molar-refractivity contribution in [2.75, 3.05) is 0 Å². The quantitative estimate of drug-likeness (QED) is 0.434. The molecule has 0 aliphatic rings. The van der Waals surface area contributed by atoms with E-state index in [0.717, 1.165) is 0 Å². The van der Waals surface area contributed by atoms with Crippen LogP contribution in [-0.4, -0.2) is 23.2 Å². The molecule has 7 heavy (non-hydrogen) atoms. The number of rotatable bonds is 0. The molecule has 0 bridgehead atoms. The fourth-order valence-corrected chi connectivity index (χ4v) is 0. The Balaban J connectivity index is -0.0000000400. The van der Waals surface area contributed by atoms with Gasteiger partial charge in [-0.2, -0.15) is 0 Å². The normalized spacial score (nSPS) is 3.43. The zero-order chi connectivity index (χ0) is 5.41. The Kier molecular flexibility index (Phi) is 111. The molecule has 0 aromatic carbocycles. The van der Waals surface area contributed by atoms with Gasteiger partial charge in [0.1, 0.15) is 0 Å². The van der Waals surface area contributed by atoms with E-state index in [4.69, 9.17) is 19.8 Å². The Morgan fingerprint density at radius 3 is 1.00 bits per heavy atom. The van der Waals surface area contributed by atoms with E-state index in [-0.39, 0.29) is 18.6 Å². The summed E-state index contributed by atoms with van der Waals surface area (Å²) in [4.78, 5) is 16.5. The van der Waals surface area contributed by atoms with E-state index >= 15 is 0 Å². The largest absolute Gasteiger partial charge is 2.00 e. The fourth-order valence-electron chi connectivity index (χ4n) is 0. The van der Waals surface area contributed by atoms with Crippen LogP contribution in [-0.2, 0) is 28.1 Å². The first-order valence-electron chi connectivity index (χ1n) is 0.855. The fraction of sp³-hybridized carbons (Fsp3) is 0. The molecule has 0 rings (SSSR count). The second-order valence-corrected chi connectivity index (χ2v) is 0.183. The average Bonchev–Trinajstić information content (AvgIpc) is 1.39. The molecule has 0 fully saturated rings. The summed E-state index contributed by atoms with van der Waals surface area (Å²) < 4.78 is 0. The maximum atomic E-state index is 8.24. The van der Waals surface area contributed by atoms with E-state index in [1.54, 1.807) is 0 Å². The predicted molar refractivity (Wildman–Crippen MR) is 16.6 cm³/mol. The maximum Gasteiger partial charge on any atom is 2.00 e. The Hall–Kier alpha value is -0.476. The molecule has 0 saturated carbocycles. The molecule has 1 radical (unpaired) electrons. The van der Waals surface area contributed by atoms with Gasteiger partial charge >= 0.3 is 18.6 Å².